The summed E-state index contributed by atoms with van der Waals surface area (Å²) in [7, 11) is 0. The second kappa shape index (κ2) is 5.39. The molecule has 0 aliphatic carbocycles. The lowest BCUT2D eigenvalue weighted by Crippen LogP contribution is -2.62. The Balaban J connectivity index is 2.18. The van der Waals surface area contributed by atoms with E-state index >= 15 is 0 Å². The fourth-order valence-corrected chi connectivity index (χ4v) is 1.89. The number of phenols is 2. The van der Waals surface area contributed by atoms with Crippen molar-refractivity contribution in [3.8, 4) is 11.5 Å². The zero-order valence-electron chi connectivity index (χ0n) is 11.7. The summed E-state index contributed by atoms with van der Waals surface area (Å²) in [4.78, 5) is 0. The Bertz CT molecular complexity index is 680. The molecule has 14 N–H and O–H groups in total. The van der Waals surface area contributed by atoms with Crippen molar-refractivity contribution in [1.29, 1.82) is 0 Å². The Morgan fingerprint density at radius 2 is 1.27 bits per heavy atom. The van der Waals surface area contributed by atoms with Crippen molar-refractivity contribution in [3.63, 3.8) is 0 Å². The summed E-state index contributed by atoms with van der Waals surface area (Å²) in [5, 5.41) is 24.5. The zero-order chi connectivity index (χ0) is 16.5. The van der Waals surface area contributed by atoms with Crippen LogP contribution < -0.4 is 39.3 Å². The Hall–Kier alpha value is -3.04. The lowest BCUT2D eigenvalue weighted by atomic mass is 10.2. The van der Waals surface area contributed by atoms with Gasteiger partial charge in [-0.3, -0.25) is 11.5 Å². The predicted octanol–water partition coefficient (Wildman–Crippen LogP) is -0.103. The minimum Gasteiger partial charge on any atom is -0.506 e. The van der Waals surface area contributed by atoms with Gasteiger partial charge in [0.25, 0.3) is 0 Å². The molecule has 9 nitrogen and oxygen atoms in total. The fraction of sp³-hybridized carbons (Fsp3) is 0.0769. The number of hydrogen-bond donors (Lipinski definition) is 9. The molecule has 0 radical (unpaired) electrons. The highest BCUT2D eigenvalue weighted by molar-refractivity contribution is 5.74. The third-order valence-electron chi connectivity index (χ3n) is 2.90. The van der Waals surface area contributed by atoms with Crippen molar-refractivity contribution in [2.45, 2.75) is 5.91 Å². The SMILES string of the molecule is Nc1cc(NC(N)(N)Nc2cc(N)c(O)c(N)c2)ccc1O. The summed E-state index contributed by atoms with van der Waals surface area (Å²) >= 11 is 0. The van der Waals surface area contributed by atoms with Crippen LogP contribution in [0.4, 0.5) is 28.4 Å². The van der Waals surface area contributed by atoms with Crippen LogP contribution in [0, 0.1) is 0 Å². The van der Waals surface area contributed by atoms with Gasteiger partial charge < -0.3 is 38.0 Å². The van der Waals surface area contributed by atoms with Crippen molar-refractivity contribution in [1.82, 2.24) is 0 Å². The van der Waals surface area contributed by atoms with Crippen LogP contribution in [0.3, 0.4) is 0 Å². The topological polar surface area (TPSA) is 195 Å². The molecule has 0 saturated heterocycles. The first-order valence-electron chi connectivity index (χ1n) is 6.28. The number of aromatic hydroxyl groups is 2. The van der Waals surface area contributed by atoms with E-state index in [0.29, 0.717) is 11.4 Å². The van der Waals surface area contributed by atoms with Crippen LogP contribution in [0.5, 0.6) is 11.5 Å². The highest BCUT2D eigenvalue weighted by Gasteiger charge is 2.19. The second-order valence-corrected chi connectivity index (χ2v) is 4.90. The Morgan fingerprint density at radius 1 is 0.773 bits per heavy atom. The molecule has 118 valence electrons. The molecule has 0 spiro atoms. The van der Waals surface area contributed by atoms with Gasteiger partial charge in [-0.1, -0.05) is 0 Å². The van der Waals surface area contributed by atoms with Crippen LogP contribution >= 0.6 is 0 Å². The molecule has 2 rings (SSSR count). The zero-order valence-corrected chi connectivity index (χ0v) is 11.7. The van der Waals surface area contributed by atoms with E-state index in [1.54, 1.807) is 6.07 Å². The normalized spacial score (nSPS) is 11.2. The van der Waals surface area contributed by atoms with Gasteiger partial charge in [-0.15, -0.1) is 0 Å². The fourth-order valence-electron chi connectivity index (χ4n) is 1.89. The van der Waals surface area contributed by atoms with E-state index in [1.165, 1.54) is 24.3 Å². The first-order valence-corrected chi connectivity index (χ1v) is 6.28. The number of phenolic OH excluding ortho intramolecular Hbond substituents is 2. The highest BCUT2D eigenvalue weighted by atomic mass is 16.3. The number of nitrogen functional groups attached to an aromatic ring is 3. The maximum absolute atomic E-state index is 9.53. The first kappa shape index (κ1) is 15.4. The largest absolute Gasteiger partial charge is 0.506 e. The molecule has 2 aromatic rings. The number of benzene rings is 2. The lowest BCUT2D eigenvalue weighted by Gasteiger charge is -2.29. The number of nitrogens with two attached hydrogens (primary N) is 5. The summed E-state index contributed by atoms with van der Waals surface area (Å²) in [6, 6.07) is 7.32. The van der Waals surface area contributed by atoms with Crippen molar-refractivity contribution >= 4 is 28.4 Å². The van der Waals surface area contributed by atoms with Gasteiger partial charge >= 0.3 is 0 Å². The predicted molar refractivity (Wildman–Crippen MR) is 87.8 cm³/mol. The van der Waals surface area contributed by atoms with Gasteiger partial charge in [0, 0.05) is 11.4 Å². The summed E-state index contributed by atoms with van der Waals surface area (Å²) in [6.07, 6.45) is 0. The molecule has 0 atom stereocenters. The monoisotopic (exact) mass is 305 g/mol. The van der Waals surface area contributed by atoms with Crippen LogP contribution in [-0.4, -0.2) is 16.1 Å². The molecule has 0 aromatic heterocycles. The maximum atomic E-state index is 9.53. The summed E-state index contributed by atoms with van der Waals surface area (Å²) in [5.74, 6) is -1.80. The van der Waals surface area contributed by atoms with E-state index in [0.717, 1.165) is 0 Å². The van der Waals surface area contributed by atoms with Crippen LogP contribution in [-0.2, 0) is 0 Å². The third-order valence-corrected chi connectivity index (χ3v) is 2.90. The Morgan fingerprint density at radius 3 is 1.82 bits per heavy atom. The molecule has 0 aliphatic rings. The van der Waals surface area contributed by atoms with Crippen molar-refractivity contribution < 1.29 is 10.2 Å². The Labute approximate surface area is 126 Å². The summed E-state index contributed by atoms with van der Waals surface area (Å²) in [5.41, 5.74) is 29.9. The molecular weight excluding hydrogens is 286 g/mol. The minimum absolute atomic E-state index is 0.0442. The van der Waals surface area contributed by atoms with E-state index in [1.807, 2.05) is 0 Å². The molecule has 0 unspecified atom stereocenters. The Kier molecular flexibility index (Phi) is 3.76. The number of anilines is 5. The van der Waals surface area contributed by atoms with E-state index < -0.39 is 5.91 Å². The smallest absolute Gasteiger partial charge is 0.219 e. The van der Waals surface area contributed by atoms with Crippen molar-refractivity contribution in [2.75, 3.05) is 27.8 Å². The molecule has 0 saturated carbocycles. The summed E-state index contributed by atoms with van der Waals surface area (Å²) in [6.45, 7) is 0. The van der Waals surface area contributed by atoms with Gasteiger partial charge in [-0.2, -0.15) is 0 Å². The highest BCUT2D eigenvalue weighted by Crippen LogP contribution is 2.31. The van der Waals surface area contributed by atoms with Crippen molar-refractivity contribution in [2.24, 2.45) is 11.5 Å². The van der Waals surface area contributed by atoms with Crippen LogP contribution in [0.1, 0.15) is 0 Å². The average molecular weight is 305 g/mol. The van der Waals surface area contributed by atoms with Gasteiger partial charge in [0.1, 0.15) is 5.75 Å². The molecule has 0 heterocycles. The molecule has 0 amide bonds. The van der Waals surface area contributed by atoms with Gasteiger partial charge in [0.15, 0.2) is 5.75 Å². The first-order chi connectivity index (χ1) is 10.2. The van der Waals surface area contributed by atoms with E-state index in [-0.39, 0.29) is 28.6 Å². The number of rotatable bonds is 4. The molecule has 0 bridgehead atoms. The van der Waals surface area contributed by atoms with Crippen LogP contribution in [0.2, 0.25) is 0 Å². The minimum atomic E-state index is -1.56. The van der Waals surface area contributed by atoms with Crippen molar-refractivity contribution in [3.05, 3.63) is 30.3 Å². The number of hydrogen-bond acceptors (Lipinski definition) is 9. The molecule has 0 fully saturated rings. The van der Waals surface area contributed by atoms with Gasteiger partial charge in [-0.25, -0.2) is 0 Å². The van der Waals surface area contributed by atoms with Gasteiger partial charge in [0.2, 0.25) is 5.91 Å². The molecule has 0 aliphatic heterocycles. The standard InChI is InChI=1S/C13H19N7O2/c14-8-3-6(1-2-11(8)21)19-13(17,18)20-7-4-9(15)12(22)10(16)5-7/h1-5,19-22H,14-18H2. The van der Waals surface area contributed by atoms with E-state index in [4.69, 9.17) is 28.7 Å². The molecule has 2 aromatic carbocycles. The molecule has 9 heteroatoms. The second-order valence-electron chi connectivity index (χ2n) is 4.90. The summed E-state index contributed by atoms with van der Waals surface area (Å²) < 4.78 is 0. The molecule has 22 heavy (non-hydrogen) atoms. The average Bonchev–Trinajstić information content (AvgIpc) is 2.39. The van der Waals surface area contributed by atoms with Gasteiger partial charge in [0.05, 0.1) is 17.1 Å². The lowest BCUT2D eigenvalue weighted by molar-refractivity contribution is 0.478. The third kappa shape index (κ3) is 3.34. The van der Waals surface area contributed by atoms with E-state index in [2.05, 4.69) is 10.6 Å². The molecular formula is C13H19N7O2. The maximum Gasteiger partial charge on any atom is 0.219 e. The quantitative estimate of drug-likeness (QED) is 0.160. The van der Waals surface area contributed by atoms with Gasteiger partial charge in [-0.05, 0) is 30.3 Å². The number of nitrogens with one attached hydrogen (secondary N) is 2. The van der Waals surface area contributed by atoms with Crippen LogP contribution in [0.15, 0.2) is 30.3 Å². The van der Waals surface area contributed by atoms with Crippen LogP contribution in [0.25, 0.3) is 0 Å². The van der Waals surface area contributed by atoms with E-state index in [9.17, 15) is 10.2 Å².